The molecular weight excluding hydrogens is 470 g/mol. The highest BCUT2D eigenvalue weighted by Crippen LogP contribution is 2.38. The molecule has 2 aromatic heterocycles. The second-order valence-corrected chi connectivity index (χ2v) is 8.26. The molecule has 10 nitrogen and oxygen atoms in total. The Morgan fingerprint density at radius 2 is 1.95 bits per heavy atom. The lowest BCUT2D eigenvalue weighted by atomic mass is 10.1. The standard InChI is InChI=1S/C27H27N7O3/c1-3-25(35)30-20-15-21(24(36-2)16-23(20)34-11-13-37-14-12-34)33-27-28-10-9-19(32-27)26-29-17-22(31-26)18-7-5-4-6-8-18/h3-10,15-17H,1,11-14H2,2H3,(H,29,31)(H,30,35)(H,28,32,33). The number of nitrogens with zero attached hydrogens (tertiary/aromatic N) is 4. The van der Waals surface area contributed by atoms with Crippen molar-refractivity contribution in [3.05, 3.63) is 73.6 Å². The molecule has 0 aliphatic carbocycles. The van der Waals surface area contributed by atoms with Crippen LogP contribution in [0, 0.1) is 0 Å². The minimum Gasteiger partial charge on any atom is -0.494 e. The van der Waals surface area contributed by atoms with Gasteiger partial charge in [-0.25, -0.2) is 15.0 Å². The summed E-state index contributed by atoms with van der Waals surface area (Å²) in [7, 11) is 1.59. The van der Waals surface area contributed by atoms with Crippen molar-refractivity contribution in [2.75, 3.05) is 48.9 Å². The molecule has 37 heavy (non-hydrogen) atoms. The van der Waals surface area contributed by atoms with E-state index < -0.39 is 0 Å². The van der Waals surface area contributed by atoms with E-state index in [2.05, 4.69) is 42.0 Å². The topological polar surface area (TPSA) is 117 Å². The number of ether oxygens (including phenoxy) is 2. The fourth-order valence-electron chi connectivity index (χ4n) is 4.07. The Morgan fingerprint density at radius 3 is 2.70 bits per heavy atom. The normalized spacial score (nSPS) is 13.2. The molecule has 0 atom stereocenters. The molecule has 2 aromatic carbocycles. The van der Waals surface area contributed by atoms with Gasteiger partial charge in [-0.1, -0.05) is 36.9 Å². The third-order valence-corrected chi connectivity index (χ3v) is 5.92. The molecule has 188 valence electrons. The Labute approximate surface area is 214 Å². The molecule has 0 spiro atoms. The number of carbonyl (C=O) groups excluding carboxylic acids is 1. The summed E-state index contributed by atoms with van der Waals surface area (Å²) < 4.78 is 11.2. The number of rotatable bonds is 8. The van der Waals surface area contributed by atoms with E-state index in [4.69, 9.17) is 9.47 Å². The summed E-state index contributed by atoms with van der Waals surface area (Å²) in [5.41, 5.74) is 4.60. The van der Waals surface area contributed by atoms with Gasteiger partial charge in [0.05, 0.1) is 49.3 Å². The van der Waals surface area contributed by atoms with Crippen LogP contribution in [0.3, 0.4) is 0 Å². The molecule has 3 N–H and O–H groups in total. The van der Waals surface area contributed by atoms with Crippen molar-refractivity contribution in [1.82, 2.24) is 19.9 Å². The quantitative estimate of drug-likeness (QED) is 0.309. The zero-order valence-electron chi connectivity index (χ0n) is 20.4. The zero-order valence-corrected chi connectivity index (χ0v) is 20.4. The first-order valence-electron chi connectivity index (χ1n) is 11.8. The number of carbonyl (C=O) groups is 1. The zero-order chi connectivity index (χ0) is 25.6. The maximum absolute atomic E-state index is 12.2. The molecule has 4 aromatic rings. The molecule has 1 fully saturated rings. The highest BCUT2D eigenvalue weighted by Gasteiger charge is 2.20. The molecule has 5 rings (SSSR count). The lowest BCUT2D eigenvalue weighted by Crippen LogP contribution is -2.36. The summed E-state index contributed by atoms with van der Waals surface area (Å²) in [5.74, 6) is 1.25. The van der Waals surface area contributed by atoms with Crippen molar-refractivity contribution >= 4 is 28.9 Å². The van der Waals surface area contributed by atoms with Gasteiger partial charge in [0.15, 0.2) is 5.82 Å². The smallest absolute Gasteiger partial charge is 0.247 e. The number of aromatic amines is 1. The number of morpholine rings is 1. The maximum Gasteiger partial charge on any atom is 0.247 e. The van der Waals surface area contributed by atoms with Gasteiger partial charge in [0.1, 0.15) is 11.4 Å². The van der Waals surface area contributed by atoms with Gasteiger partial charge in [0.2, 0.25) is 11.9 Å². The third kappa shape index (κ3) is 5.44. The number of amides is 1. The first-order chi connectivity index (χ1) is 18.1. The van der Waals surface area contributed by atoms with Crippen LogP contribution >= 0.6 is 0 Å². The van der Waals surface area contributed by atoms with Gasteiger partial charge in [-0.05, 0) is 23.8 Å². The molecule has 0 unspecified atom stereocenters. The van der Waals surface area contributed by atoms with Gasteiger partial charge in [-0.2, -0.15) is 0 Å². The molecule has 0 saturated carbocycles. The number of aromatic nitrogens is 4. The Hall–Kier alpha value is -4.70. The molecule has 3 heterocycles. The van der Waals surface area contributed by atoms with Crippen molar-refractivity contribution in [2.24, 2.45) is 0 Å². The SMILES string of the molecule is C=CC(=O)Nc1cc(Nc2nccc(-c3ncc(-c4ccccc4)[nH]3)n2)c(OC)cc1N1CCOCC1. The predicted octanol–water partition coefficient (Wildman–Crippen LogP) is 4.25. The number of benzene rings is 2. The fraction of sp³-hybridized carbons (Fsp3) is 0.185. The lowest BCUT2D eigenvalue weighted by Gasteiger charge is -2.31. The Bertz CT molecular complexity index is 1400. The summed E-state index contributed by atoms with van der Waals surface area (Å²) in [6.45, 7) is 6.18. The van der Waals surface area contributed by atoms with E-state index in [-0.39, 0.29) is 5.91 Å². The number of nitrogens with one attached hydrogen (secondary N) is 3. The number of imidazole rings is 1. The van der Waals surface area contributed by atoms with E-state index >= 15 is 0 Å². The van der Waals surface area contributed by atoms with Gasteiger partial charge in [0.25, 0.3) is 0 Å². The summed E-state index contributed by atoms with van der Waals surface area (Å²) in [6, 6.07) is 15.4. The second kappa shape index (κ2) is 10.9. The summed E-state index contributed by atoms with van der Waals surface area (Å²) in [6.07, 6.45) is 4.67. The van der Waals surface area contributed by atoms with E-state index in [0.717, 1.165) is 16.9 Å². The van der Waals surface area contributed by atoms with Crippen LogP contribution in [-0.2, 0) is 9.53 Å². The Balaban J connectivity index is 1.45. The van der Waals surface area contributed by atoms with Gasteiger partial charge < -0.3 is 30.0 Å². The van der Waals surface area contributed by atoms with E-state index in [1.54, 1.807) is 25.6 Å². The van der Waals surface area contributed by atoms with E-state index in [9.17, 15) is 4.79 Å². The average molecular weight is 498 g/mol. The minimum absolute atomic E-state index is 0.309. The summed E-state index contributed by atoms with van der Waals surface area (Å²) in [5, 5.41) is 6.12. The van der Waals surface area contributed by atoms with E-state index in [1.165, 1.54) is 6.08 Å². The van der Waals surface area contributed by atoms with Crippen molar-refractivity contribution < 1.29 is 14.3 Å². The van der Waals surface area contributed by atoms with Crippen LogP contribution in [0.2, 0.25) is 0 Å². The molecule has 0 bridgehead atoms. The van der Waals surface area contributed by atoms with Gasteiger partial charge in [0, 0.05) is 25.4 Å². The molecule has 0 radical (unpaired) electrons. The van der Waals surface area contributed by atoms with Crippen LogP contribution in [0.25, 0.3) is 22.8 Å². The van der Waals surface area contributed by atoms with Gasteiger partial charge in [-0.3, -0.25) is 4.79 Å². The predicted molar refractivity (Wildman–Crippen MR) is 143 cm³/mol. The number of H-pyrrole nitrogens is 1. The number of anilines is 4. The number of hydrogen-bond acceptors (Lipinski definition) is 8. The van der Waals surface area contributed by atoms with Crippen LogP contribution in [-0.4, -0.2) is 59.3 Å². The molecular formula is C27H27N7O3. The largest absolute Gasteiger partial charge is 0.494 e. The fourth-order valence-corrected chi connectivity index (χ4v) is 4.07. The van der Waals surface area contributed by atoms with Crippen LogP contribution in [0.5, 0.6) is 5.75 Å². The van der Waals surface area contributed by atoms with Crippen molar-refractivity contribution in [3.8, 4) is 28.5 Å². The van der Waals surface area contributed by atoms with Crippen LogP contribution in [0.4, 0.5) is 23.0 Å². The lowest BCUT2D eigenvalue weighted by molar-refractivity contribution is -0.111. The summed E-state index contributed by atoms with van der Waals surface area (Å²) >= 11 is 0. The van der Waals surface area contributed by atoms with Crippen LogP contribution in [0.1, 0.15) is 0 Å². The van der Waals surface area contributed by atoms with E-state index in [0.29, 0.717) is 60.9 Å². The number of hydrogen-bond donors (Lipinski definition) is 3. The third-order valence-electron chi connectivity index (χ3n) is 5.92. The maximum atomic E-state index is 12.2. The Kier molecular flexibility index (Phi) is 7.09. The molecule has 1 aliphatic heterocycles. The monoisotopic (exact) mass is 497 g/mol. The van der Waals surface area contributed by atoms with Crippen LogP contribution < -0.4 is 20.3 Å². The first kappa shape index (κ1) is 24.0. The van der Waals surface area contributed by atoms with Crippen LogP contribution in [0.15, 0.2) is 73.6 Å². The first-order valence-corrected chi connectivity index (χ1v) is 11.8. The molecule has 1 amide bonds. The highest BCUT2D eigenvalue weighted by atomic mass is 16.5. The van der Waals surface area contributed by atoms with E-state index in [1.807, 2.05) is 42.5 Å². The molecule has 10 heteroatoms. The number of methoxy groups -OCH3 is 1. The average Bonchev–Trinajstić information content (AvgIpc) is 3.45. The Morgan fingerprint density at radius 1 is 1.14 bits per heavy atom. The van der Waals surface area contributed by atoms with Crippen molar-refractivity contribution in [2.45, 2.75) is 0 Å². The second-order valence-electron chi connectivity index (χ2n) is 8.26. The molecule has 1 aliphatic rings. The molecule has 1 saturated heterocycles. The van der Waals surface area contributed by atoms with Crippen molar-refractivity contribution in [3.63, 3.8) is 0 Å². The highest BCUT2D eigenvalue weighted by molar-refractivity contribution is 6.02. The van der Waals surface area contributed by atoms with Crippen molar-refractivity contribution in [1.29, 1.82) is 0 Å². The minimum atomic E-state index is -0.309. The summed E-state index contributed by atoms with van der Waals surface area (Å²) in [4.78, 5) is 31.1. The van der Waals surface area contributed by atoms with Gasteiger partial charge >= 0.3 is 0 Å². The van der Waals surface area contributed by atoms with Gasteiger partial charge in [-0.15, -0.1) is 0 Å².